The van der Waals surface area contributed by atoms with Crippen LogP contribution in [-0.4, -0.2) is 28.8 Å². The Kier molecular flexibility index (Phi) is 6.24. The number of hydrogen-bond donors (Lipinski definition) is 0. The third-order valence-electron chi connectivity index (χ3n) is 3.98. The summed E-state index contributed by atoms with van der Waals surface area (Å²) in [6.07, 6.45) is 0. The van der Waals surface area contributed by atoms with Crippen molar-refractivity contribution in [1.82, 2.24) is 15.1 Å². The highest BCUT2D eigenvalue weighted by Gasteiger charge is 2.15. The number of hydrogen-bond acceptors (Lipinski definition) is 8. The first-order valence-electron chi connectivity index (χ1n) is 8.72. The van der Waals surface area contributed by atoms with Gasteiger partial charge in [0.15, 0.2) is 15.8 Å². The molecule has 2 aromatic carbocycles. The molecule has 30 heavy (non-hydrogen) atoms. The van der Waals surface area contributed by atoms with Crippen molar-refractivity contribution >= 4 is 23.1 Å². The van der Waals surface area contributed by atoms with E-state index in [1.807, 2.05) is 35.7 Å². The van der Waals surface area contributed by atoms with Gasteiger partial charge in [0.1, 0.15) is 0 Å². The number of halogens is 2. The standard InChI is InChI=1S/C20H15F2N3O3S2/c1-26-16-9-13(7-8-15(16)27-19(21)22)18-24-17(28-25-18)11-30-20-23-14(10-29-20)12-5-3-2-4-6-12/h2-10,19H,11H2,1H3. The summed E-state index contributed by atoms with van der Waals surface area (Å²) in [5.41, 5.74) is 2.55. The molecule has 0 bridgehead atoms. The first-order chi connectivity index (χ1) is 14.6. The number of benzene rings is 2. The van der Waals surface area contributed by atoms with Crippen molar-refractivity contribution in [2.24, 2.45) is 0 Å². The maximum atomic E-state index is 12.5. The number of thioether (sulfide) groups is 1. The zero-order chi connectivity index (χ0) is 20.9. The van der Waals surface area contributed by atoms with Crippen LogP contribution in [0.5, 0.6) is 11.5 Å². The number of ether oxygens (including phenoxy) is 2. The summed E-state index contributed by atoms with van der Waals surface area (Å²) >= 11 is 3.05. The van der Waals surface area contributed by atoms with E-state index in [4.69, 9.17) is 9.26 Å². The molecule has 0 radical (unpaired) electrons. The van der Waals surface area contributed by atoms with Crippen molar-refractivity contribution < 1.29 is 22.8 Å². The molecular weight excluding hydrogens is 432 g/mol. The molecule has 0 spiro atoms. The van der Waals surface area contributed by atoms with Gasteiger partial charge in [-0.15, -0.1) is 11.3 Å². The number of alkyl halides is 2. The fourth-order valence-corrected chi connectivity index (χ4v) is 4.29. The van der Waals surface area contributed by atoms with Crippen molar-refractivity contribution in [2.75, 3.05) is 7.11 Å². The molecule has 10 heteroatoms. The van der Waals surface area contributed by atoms with E-state index in [-0.39, 0.29) is 11.5 Å². The third-order valence-corrected chi connectivity index (χ3v) is 5.98. The number of nitrogens with zero attached hydrogens (tertiary/aromatic N) is 3. The predicted molar refractivity (Wildman–Crippen MR) is 110 cm³/mol. The Morgan fingerprint density at radius 3 is 2.67 bits per heavy atom. The molecule has 0 saturated heterocycles. The molecule has 0 aliphatic rings. The fourth-order valence-electron chi connectivity index (χ4n) is 2.62. The second-order valence-electron chi connectivity index (χ2n) is 5.91. The average molecular weight is 447 g/mol. The molecule has 2 aromatic heterocycles. The third kappa shape index (κ3) is 4.77. The van der Waals surface area contributed by atoms with Gasteiger partial charge in [-0.1, -0.05) is 47.3 Å². The van der Waals surface area contributed by atoms with Crippen molar-refractivity contribution in [1.29, 1.82) is 0 Å². The van der Waals surface area contributed by atoms with Crippen LogP contribution in [0.3, 0.4) is 0 Å². The first-order valence-corrected chi connectivity index (χ1v) is 10.6. The molecule has 0 amide bonds. The lowest BCUT2D eigenvalue weighted by Gasteiger charge is -2.10. The molecule has 0 saturated carbocycles. The van der Waals surface area contributed by atoms with E-state index in [9.17, 15) is 8.78 Å². The molecule has 0 fully saturated rings. The second-order valence-corrected chi connectivity index (χ2v) is 7.99. The van der Waals surface area contributed by atoms with Crippen LogP contribution >= 0.6 is 23.1 Å². The summed E-state index contributed by atoms with van der Waals surface area (Å²) in [5, 5.41) is 5.96. The zero-order valence-corrected chi connectivity index (χ0v) is 17.3. The second kappa shape index (κ2) is 9.23. The first kappa shape index (κ1) is 20.3. The number of aromatic nitrogens is 3. The Balaban J connectivity index is 1.43. The van der Waals surface area contributed by atoms with E-state index < -0.39 is 6.61 Å². The highest BCUT2D eigenvalue weighted by molar-refractivity contribution is 8.00. The monoisotopic (exact) mass is 447 g/mol. The van der Waals surface area contributed by atoms with E-state index in [0.717, 1.165) is 15.6 Å². The summed E-state index contributed by atoms with van der Waals surface area (Å²) in [6, 6.07) is 14.4. The molecular formula is C20H15F2N3O3S2. The Bertz CT molecular complexity index is 1120. The van der Waals surface area contributed by atoms with Crippen LogP contribution in [0.25, 0.3) is 22.6 Å². The van der Waals surface area contributed by atoms with Crippen LogP contribution in [0.4, 0.5) is 8.78 Å². The minimum Gasteiger partial charge on any atom is -0.493 e. The largest absolute Gasteiger partial charge is 0.493 e. The predicted octanol–water partition coefficient (Wildman–Crippen LogP) is 5.76. The van der Waals surface area contributed by atoms with Gasteiger partial charge in [0.25, 0.3) is 0 Å². The number of rotatable bonds is 8. The Labute approximate surface area is 178 Å². The smallest absolute Gasteiger partial charge is 0.387 e. The van der Waals surface area contributed by atoms with Gasteiger partial charge in [-0.25, -0.2) is 4.98 Å². The summed E-state index contributed by atoms with van der Waals surface area (Å²) in [4.78, 5) is 8.98. The van der Waals surface area contributed by atoms with Gasteiger partial charge in [0.2, 0.25) is 11.7 Å². The molecule has 0 atom stereocenters. The quantitative estimate of drug-likeness (QED) is 0.318. The van der Waals surface area contributed by atoms with Gasteiger partial charge in [-0.2, -0.15) is 13.8 Å². The molecule has 0 unspecified atom stereocenters. The molecule has 4 rings (SSSR count). The lowest BCUT2D eigenvalue weighted by molar-refractivity contribution is -0.0512. The van der Waals surface area contributed by atoms with E-state index in [1.165, 1.54) is 31.0 Å². The maximum Gasteiger partial charge on any atom is 0.387 e. The lowest BCUT2D eigenvalue weighted by Crippen LogP contribution is -2.03. The highest BCUT2D eigenvalue weighted by Crippen LogP contribution is 2.33. The van der Waals surface area contributed by atoms with E-state index in [0.29, 0.717) is 23.0 Å². The van der Waals surface area contributed by atoms with Crippen molar-refractivity contribution in [2.45, 2.75) is 16.7 Å². The summed E-state index contributed by atoms with van der Waals surface area (Å²) in [6.45, 7) is -2.94. The van der Waals surface area contributed by atoms with Gasteiger partial charge >= 0.3 is 6.61 Å². The molecule has 4 aromatic rings. The van der Waals surface area contributed by atoms with E-state index in [1.54, 1.807) is 17.4 Å². The van der Waals surface area contributed by atoms with Crippen molar-refractivity contribution in [3.8, 4) is 34.1 Å². The molecule has 0 N–H and O–H groups in total. The van der Waals surface area contributed by atoms with Crippen LogP contribution < -0.4 is 9.47 Å². The normalized spacial score (nSPS) is 11.1. The van der Waals surface area contributed by atoms with Crippen LogP contribution in [0.2, 0.25) is 0 Å². The topological polar surface area (TPSA) is 70.3 Å². The van der Waals surface area contributed by atoms with Gasteiger partial charge < -0.3 is 14.0 Å². The van der Waals surface area contributed by atoms with E-state index >= 15 is 0 Å². The number of thiazole rings is 1. The van der Waals surface area contributed by atoms with Crippen molar-refractivity contribution in [3.63, 3.8) is 0 Å². The Hall–Kier alpha value is -2.98. The van der Waals surface area contributed by atoms with Crippen LogP contribution in [0.15, 0.2) is 62.8 Å². The SMILES string of the molecule is COc1cc(-c2noc(CSc3nc(-c4ccccc4)cs3)n2)ccc1OC(F)F. The zero-order valence-electron chi connectivity index (χ0n) is 15.6. The molecule has 6 nitrogen and oxygen atoms in total. The molecule has 2 heterocycles. The summed E-state index contributed by atoms with van der Waals surface area (Å²) < 4.78 is 40.6. The van der Waals surface area contributed by atoms with Crippen LogP contribution in [-0.2, 0) is 5.75 Å². The maximum absolute atomic E-state index is 12.5. The van der Waals surface area contributed by atoms with Gasteiger partial charge in [0.05, 0.1) is 18.6 Å². The molecule has 154 valence electrons. The fraction of sp³-hybridized carbons (Fsp3) is 0.150. The van der Waals surface area contributed by atoms with E-state index in [2.05, 4.69) is 19.9 Å². The van der Waals surface area contributed by atoms with Crippen LogP contribution in [0.1, 0.15) is 5.89 Å². The Morgan fingerprint density at radius 2 is 1.90 bits per heavy atom. The Morgan fingerprint density at radius 1 is 1.07 bits per heavy atom. The molecule has 0 aliphatic heterocycles. The van der Waals surface area contributed by atoms with Gasteiger partial charge in [-0.3, -0.25) is 0 Å². The average Bonchev–Trinajstić information content (AvgIpc) is 3.42. The lowest BCUT2D eigenvalue weighted by atomic mass is 10.2. The summed E-state index contributed by atoms with van der Waals surface area (Å²) in [5.74, 6) is 1.31. The molecule has 0 aliphatic carbocycles. The van der Waals surface area contributed by atoms with Gasteiger partial charge in [-0.05, 0) is 18.2 Å². The number of methoxy groups -OCH3 is 1. The van der Waals surface area contributed by atoms with Gasteiger partial charge in [0, 0.05) is 16.5 Å². The minimum absolute atomic E-state index is 0.0616. The van der Waals surface area contributed by atoms with Crippen molar-refractivity contribution in [3.05, 3.63) is 59.8 Å². The summed E-state index contributed by atoms with van der Waals surface area (Å²) in [7, 11) is 1.37. The minimum atomic E-state index is -2.94. The highest BCUT2D eigenvalue weighted by atomic mass is 32.2. The van der Waals surface area contributed by atoms with Crippen LogP contribution in [0, 0.1) is 0 Å².